The fourth-order valence-corrected chi connectivity index (χ4v) is 5.56. The molecule has 2 bridgehead atoms. The van der Waals surface area contributed by atoms with Gasteiger partial charge in [-0.25, -0.2) is 4.68 Å². The minimum absolute atomic E-state index is 0.00340. The van der Waals surface area contributed by atoms with Gasteiger partial charge in [0.05, 0.1) is 11.9 Å². The van der Waals surface area contributed by atoms with Gasteiger partial charge < -0.3 is 10.0 Å². The predicted octanol–water partition coefficient (Wildman–Crippen LogP) is 4.33. The Morgan fingerprint density at radius 3 is 2.60 bits per heavy atom. The summed E-state index contributed by atoms with van der Waals surface area (Å²) in [4.78, 5) is 15.8. The van der Waals surface area contributed by atoms with Gasteiger partial charge in [0.15, 0.2) is 0 Å². The van der Waals surface area contributed by atoms with Gasteiger partial charge in [0, 0.05) is 18.0 Å². The van der Waals surface area contributed by atoms with Crippen LogP contribution in [0.3, 0.4) is 0 Å². The Labute approximate surface area is 177 Å². The minimum Gasteiger partial charge on any atom is -0.508 e. The van der Waals surface area contributed by atoms with E-state index in [1.165, 1.54) is 5.56 Å². The standard InChI is InChI=1S/C25H27N3O2/c1-24(2)22-16-18-19(10-7-11-21(18)29)25(24,3)13-15-27(22)23(30)20-12-14-26-28(20)17-8-5-4-6-9-17/h4-12,14,22,29H,13,15-16H2,1-3H3/t22-,25+/m1/s1. The molecule has 1 aliphatic heterocycles. The molecule has 1 amide bonds. The van der Waals surface area contributed by atoms with Gasteiger partial charge in [0.1, 0.15) is 11.4 Å². The first-order chi connectivity index (χ1) is 14.3. The Bertz CT molecular complexity index is 1120. The molecule has 2 atom stereocenters. The number of nitrogens with zero attached hydrogens (tertiary/aromatic N) is 3. The Morgan fingerprint density at radius 2 is 1.83 bits per heavy atom. The average molecular weight is 402 g/mol. The summed E-state index contributed by atoms with van der Waals surface area (Å²) in [6.07, 6.45) is 3.20. The number of aromatic nitrogens is 2. The summed E-state index contributed by atoms with van der Waals surface area (Å²) in [6, 6.07) is 17.4. The molecule has 30 heavy (non-hydrogen) atoms. The molecule has 154 valence electrons. The third-order valence-corrected chi connectivity index (χ3v) is 7.75. The number of hydrogen-bond donors (Lipinski definition) is 1. The van der Waals surface area contributed by atoms with Crippen LogP contribution in [0, 0.1) is 5.41 Å². The van der Waals surface area contributed by atoms with Gasteiger partial charge in [-0.15, -0.1) is 0 Å². The van der Waals surface area contributed by atoms with E-state index < -0.39 is 0 Å². The molecule has 3 aromatic rings. The van der Waals surface area contributed by atoms with Gasteiger partial charge in [-0.05, 0) is 53.6 Å². The Morgan fingerprint density at radius 1 is 1.07 bits per heavy atom. The number of para-hydroxylation sites is 1. The first-order valence-corrected chi connectivity index (χ1v) is 10.6. The Balaban J connectivity index is 1.57. The van der Waals surface area contributed by atoms with Crippen molar-refractivity contribution in [3.05, 3.63) is 77.6 Å². The van der Waals surface area contributed by atoms with Crippen LogP contribution in [0.4, 0.5) is 0 Å². The maximum atomic E-state index is 13.7. The third-order valence-electron chi connectivity index (χ3n) is 7.75. The zero-order valence-corrected chi connectivity index (χ0v) is 17.7. The van der Waals surface area contributed by atoms with Gasteiger partial charge in [0.25, 0.3) is 5.91 Å². The molecule has 0 spiro atoms. The van der Waals surface area contributed by atoms with Crippen molar-refractivity contribution in [1.82, 2.24) is 14.7 Å². The fourth-order valence-electron chi connectivity index (χ4n) is 5.56. The summed E-state index contributed by atoms with van der Waals surface area (Å²) >= 11 is 0. The van der Waals surface area contributed by atoms with E-state index in [1.54, 1.807) is 23.0 Å². The van der Waals surface area contributed by atoms with E-state index in [-0.39, 0.29) is 22.8 Å². The highest BCUT2D eigenvalue weighted by Gasteiger charge is 2.57. The molecule has 5 rings (SSSR count). The molecule has 0 radical (unpaired) electrons. The second-order valence-corrected chi connectivity index (χ2v) is 9.29. The van der Waals surface area contributed by atoms with E-state index in [1.807, 2.05) is 41.3 Å². The SMILES string of the molecule is CC1(C)[C@H]2Cc3c(O)cccc3[C@]1(C)CCN2C(=O)c1ccnn1-c1ccccc1. The van der Waals surface area contributed by atoms with Crippen molar-refractivity contribution in [2.45, 2.75) is 45.1 Å². The topological polar surface area (TPSA) is 58.4 Å². The van der Waals surface area contributed by atoms with Crippen LogP contribution in [0.5, 0.6) is 5.75 Å². The van der Waals surface area contributed by atoms with Crippen LogP contribution in [-0.4, -0.2) is 38.3 Å². The van der Waals surface area contributed by atoms with Crippen LogP contribution >= 0.6 is 0 Å². The lowest BCUT2D eigenvalue weighted by atomic mass is 9.51. The average Bonchev–Trinajstić information content (AvgIpc) is 3.21. The maximum absolute atomic E-state index is 13.7. The summed E-state index contributed by atoms with van der Waals surface area (Å²) in [5.74, 6) is 0.332. The molecule has 1 saturated heterocycles. The van der Waals surface area contributed by atoms with E-state index >= 15 is 0 Å². The summed E-state index contributed by atoms with van der Waals surface area (Å²) in [7, 11) is 0. The van der Waals surface area contributed by atoms with E-state index in [0.29, 0.717) is 24.4 Å². The van der Waals surface area contributed by atoms with E-state index in [9.17, 15) is 9.90 Å². The molecule has 1 N–H and O–H groups in total. The molecule has 2 heterocycles. The molecular formula is C25H27N3O2. The van der Waals surface area contributed by atoms with E-state index in [4.69, 9.17) is 0 Å². The quantitative estimate of drug-likeness (QED) is 0.695. The first-order valence-electron chi connectivity index (χ1n) is 10.6. The lowest BCUT2D eigenvalue weighted by Crippen LogP contribution is -2.65. The number of carbonyl (C=O) groups excluding carboxylic acids is 1. The Kier molecular flexibility index (Phi) is 4.07. The van der Waals surface area contributed by atoms with Crippen LogP contribution in [0.2, 0.25) is 0 Å². The number of benzene rings is 2. The summed E-state index contributed by atoms with van der Waals surface area (Å²) in [6.45, 7) is 7.50. The van der Waals surface area contributed by atoms with Crippen LogP contribution in [0.1, 0.15) is 48.8 Å². The van der Waals surface area contributed by atoms with Crippen molar-refractivity contribution in [1.29, 1.82) is 0 Å². The van der Waals surface area contributed by atoms with Crippen molar-refractivity contribution < 1.29 is 9.90 Å². The normalized spacial score (nSPS) is 24.4. The van der Waals surface area contributed by atoms with E-state index in [2.05, 4.69) is 31.9 Å². The minimum atomic E-state index is -0.126. The van der Waals surface area contributed by atoms with Gasteiger partial charge in [-0.2, -0.15) is 5.10 Å². The highest BCUT2D eigenvalue weighted by Crippen LogP contribution is 2.57. The zero-order chi connectivity index (χ0) is 21.1. The van der Waals surface area contributed by atoms with Crippen LogP contribution in [0.15, 0.2) is 60.8 Å². The lowest BCUT2D eigenvalue weighted by Gasteiger charge is -2.60. The number of aromatic hydroxyl groups is 1. The number of rotatable bonds is 2. The highest BCUT2D eigenvalue weighted by atomic mass is 16.3. The number of carbonyl (C=O) groups is 1. The maximum Gasteiger partial charge on any atom is 0.272 e. The molecule has 2 aliphatic rings. The molecule has 0 saturated carbocycles. The number of phenolic OH excluding ortho intramolecular Hbond substituents is 1. The third kappa shape index (κ3) is 2.47. The fraction of sp³-hybridized carbons (Fsp3) is 0.360. The van der Waals surface area contributed by atoms with Crippen LogP contribution in [0.25, 0.3) is 5.69 Å². The van der Waals surface area contributed by atoms with E-state index in [0.717, 1.165) is 17.7 Å². The highest BCUT2D eigenvalue weighted by molar-refractivity contribution is 5.93. The van der Waals surface area contributed by atoms with Crippen LogP contribution in [-0.2, 0) is 11.8 Å². The molecule has 5 heteroatoms. The van der Waals surface area contributed by atoms with Crippen molar-refractivity contribution in [2.24, 2.45) is 5.41 Å². The summed E-state index contributed by atoms with van der Waals surface area (Å²) in [5, 5.41) is 15.0. The molecule has 0 unspecified atom stereocenters. The number of phenols is 1. The second-order valence-electron chi connectivity index (χ2n) is 9.29. The molecular weight excluding hydrogens is 374 g/mol. The van der Waals surface area contributed by atoms with Crippen molar-refractivity contribution in [2.75, 3.05) is 6.54 Å². The predicted molar refractivity (Wildman–Crippen MR) is 116 cm³/mol. The number of piperidine rings is 1. The largest absolute Gasteiger partial charge is 0.508 e. The number of fused-ring (bicyclic) bond motifs is 4. The van der Waals surface area contributed by atoms with Gasteiger partial charge in [-0.3, -0.25) is 4.79 Å². The van der Waals surface area contributed by atoms with Gasteiger partial charge >= 0.3 is 0 Å². The monoisotopic (exact) mass is 401 g/mol. The smallest absolute Gasteiger partial charge is 0.272 e. The number of amides is 1. The van der Waals surface area contributed by atoms with Crippen molar-refractivity contribution in [3.8, 4) is 11.4 Å². The van der Waals surface area contributed by atoms with Gasteiger partial charge in [0.2, 0.25) is 0 Å². The summed E-state index contributed by atoms with van der Waals surface area (Å²) in [5.41, 5.74) is 3.44. The number of hydrogen-bond acceptors (Lipinski definition) is 3. The zero-order valence-electron chi connectivity index (χ0n) is 17.7. The molecule has 1 aromatic heterocycles. The van der Waals surface area contributed by atoms with Crippen molar-refractivity contribution in [3.63, 3.8) is 0 Å². The Hall–Kier alpha value is -3.08. The second kappa shape index (κ2) is 6.46. The molecule has 5 nitrogen and oxygen atoms in total. The van der Waals surface area contributed by atoms with Gasteiger partial charge in [-0.1, -0.05) is 51.1 Å². The molecule has 1 fully saturated rings. The molecule has 2 aromatic carbocycles. The van der Waals surface area contributed by atoms with Crippen LogP contribution < -0.4 is 0 Å². The lowest BCUT2D eigenvalue weighted by molar-refractivity contribution is -0.0270. The number of likely N-dealkylation sites (tertiary alicyclic amines) is 1. The summed E-state index contributed by atoms with van der Waals surface area (Å²) < 4.78 is 1.72. The van der Waals surface area contributed by atoms with Crippen molar-refractivity contribution >= 4 is 5.91 Å². The first kappa shape index (κ1) is 18.9. The molecule has 1 aliphatic carbocycles.